The summed E-state index contributed by atoms with van der Waals surface area (Å²) in [6.45, 7) is 1.87. The summed E-state index contributed by atoms with van der Waals surface area (Å²) in [6, 6.07) is 2.77. The van der Waals surface area contributed by atoms with Crippen molar-refractivity contribution in [3.05, 3.63) is 29.3 Å². The van der Waals surface area contributed by atoms with Crippen LogP contribution in [0.15, 0.2) is 12.1 Å². The van der Waals surface area contributed by atoms with Crippen molar-refractivity contribution in [3.8, 4) is 0 Å². The summed E-state index contributed by atoms with van der Waals surface area (Å²) in [5.41, 5.74) is 0.517. The summed E-state index contributed by atoms with van der Waals surface area (Å²) in [4.78, 5) is 3.91. The van der Waals surface area contributed by atoms with Crippen LogP contribution in [0.5, 0.6) is 0 Å². The van der Waals surface area contributed by atoms with E-state index in [-0.39, 0.29) is 17.6 Å². The first-order valence-corrected chi connectivity index (χ1v) is 7.01. The number of nitrogens with zero attached hydrogens (tertiary/aromatic N) is 2. The minimum Gasteiger partial charge on any atom is -0.366 e. The van der Waals surface area contributed by atoms with Gasteiger partial charge in [-0.25, -0.2) is 8.78 Å². The zero-order valence-electron chi connectivity index (χ0n) is 11.3. The van der Waals surface area contributed by atoms with Gasteiger partial charge in [0.15, 0.2) is 0 Å². The molecule has 0 spiro atoms. The quantitative estimate of drug-likeness (QED) is 0.788. The fraction of sp³-hybridized carbons (Fsp3) is 0.571. The zero-order valence-corrected chi connectivity index (χ0v) is 12.1. The third-order valence-electron chi connectivity index (χ3n) is 3.73. The van der Waals surface area contributed by atoms with Crippen LogP contribution in [0.1, 0.15) is 18.4 Å². The lowest BCUT2D eigenvalue weighted by Crippen LogP contribution is -2.45. The Morgan fingerprint density at radius 2 is 2.00 bits per heavy atom. The van der Waals surface area contributed by atoms with Gasteiger partial charge in [-0.15, -0.1) is 11.6 Å². The van der Waals surface area contributed by atoms with Crippen LogP contribution in [0.2, 0.25) is 0 Å². The van der Waals surface area contributed by atoms with E-state index in [0.717, 1.165) is 25.9 Å². The molecule has 0 aliphatic carbocycles. The van der Waals surface area contributed by atoms with Crippen LogP contribution in [0.3, 0.4) is 0 Å². The van der Waals surface area contributed by atoms with E-state index in [1.54, 1.807) is 11.9 Å². The molecule has 0 radical (unpaired) electrons. The molecule has 1 unspecified atom stereocenters. The van der Waals surface area contributed by atoms with E-state index >= 15 is 0 Å². The fourth-order valence-corrected chi connectivity index (χ4v) is 2.82. The first-order chi connectivity index (χ1) is 9.02. The number of likely N-dealkylation sites (tertiary alicyclic amines) is 1. The van der Waals surface area contributed by atoms with Gasteiger partial charge in [-0.1, -0.05) is 0 Å². The molecule has 0 amide bonds. The Morgan fingerprint density at radius 3 is 2.53 bits per heavy atom. The van der Waals surface area contributed by atoms with Gasteiger partial charge >= 0.3 is 0 Å². The Labute approximate surface area is 117 Å². The van der Waals surface area contributed by atoms with Gasteiger partial charge < -0.3 is 9.80 Å². The van der Waals surface area contributed by atoms with Gasteiger partial charge in [0.1, 0.15) is 17.3 Å². The van der Waals surface area contributed by atoms with Crippen LogP contribution < -0.4 is 4.90 Å². The van der Waals surface area contributed by atoms with Crippen molar-refractivity contribution in [3.63, 3.8) is 0 Å². The summed E-state index contributed by atoms with van der Waals surface area (Å²) in [5.74, 6) is -0.956. The second-order valence-corrected chi connectivity index (χ2v) is 5.48. The minimum absolute atomic E-state index is 0.0502. The number of rotatable bonds is 3. The SMILES string of the molecule is CN1CCCC(N(C)c2c(F)cc(CCl)cc2F)C1. The number of hydrogen-bond donors (Lipinski definition) is 0. The van der Waals surface area contributed by atoms with E-state index in [4.69, 9.17) is 11.6 Å². The molecule has 2 rings (SSSR count). The van der Waals surface area contributed by atoms with Gasteiger partial charge in [0.25, 0.3) is 0 Å². The molecule has 1 aromatic carbocycles. The second-order valence-electron chi connectivity index (χ2n) is 5.21. The maximum absolute atomic E-state index is 14.0. The molecule has 1 atom stereocenters. The Morgan fingerprint density at radius 1 is 1.37 bits per heavy atom. The highest BCUT2D eigenvalue weighted by Crippen LogP contribution is 2.28. The highest BCUT2D eigenvalue weighted by molar-refractivity contribution is 6.17. The Hall–Kier alpha value is -0.870. The average molecular weight is 289 g/mol. The largest absolute Gasteiger partial charge is 0.366 e. The predicted octanol–water partition coefficient (Wildman–Crippen LogP) is 3.23. The third-order valence-corrected chi connectivity index (χ3v) is 4.04. The van der Waals surface area contributed by atoms with Gasteiger partial charge in [0.2, 0.25) is 0 Å². The normalized spacial score (nSPS) is 20.6. The van der Waals surface area contributed by atoms with E-state index in [1.807, 2.05) is 7.05 Å². The number of alkyl halides is 1. The van der Waals surface area contributed by atoms with Crippen molar-refractivity contribution >= 4 is 17.3 Å². The molecular weight excluding hydrogens is 270 g/mol. The number of likely N-dealkylation sites (N-methyl/N-ethyl adjacent to an activating group) is 2. The van der Waals surface area contributed by atoms with Crippen molar-refractivity contribution in [2.75, 3.05) is 32.1 Å². The second kappa shape index (κ2) is 6.06. The summed E-state index contributed by atoms with van der Waals surface area (Å²) in [6.07, 6.45) is 2.01. The fourth-order valence-electron chi connectivity index (χ4n) is 2.67. The van der Waals surface area contributed by atoms with Crippen LogP contribution in [-0.4, -0.2) is 38.1 Å². The molecule has 1 heterocycles. The molecule has 0 N–H and O–H groups in total. The maximum Gasteiger partial charge on any atom is 0.149 e. The smallest absolute Gasteiger partial charge is 0.149 e. The number of piperidine rings is 1. The lowest BCUT2D eigenvalue weighted by molar-refractivity contribution is 0.247. The Bertz CT molecular complexity index is 430. The molecular formula is C14H19ClF2N2. The van der Waals surface area contributed by atoms with E-state index in [9.17, 15) is 8.78 Å². The molecule has 1 fully saturated rings. The number of halogens is 3. The van der Waals surface area contributed by atoms with Gasteiger partial charge in [-0.2, -0.15) is 0 Å². The molecule has 1 saturated heterocycles. The molecule has 1 aliphatic heterocycles. The number of anilines is 1. The van der Waals surface area contributed by atoms with Crippen molar-refractivity contribution in [2.45, 2.75) is 24.8 Å². The molecule has 1 aliphatic rings. The molecule has 5 heteroatoms. The molecule has 1 aromatic rings. The molecule has 0 bridgehead atoms. The lowest BCUT2D eigenvalue weighted by atomic mass is 10.0. The van der Waals surface area contributed by atoms with Gasteiger partial charge in [-0.05, 0) is 44.1 Å². The van der Waals surface area contributed by atoms with Crippen molar-refractivity contribution in [2.24, 2.45) is 0 Å². The van der Waals surface area contributed by atoms with Gasteiger partial charge in [-0.3, -0.25) is 0 Å². The summed E-state index contributed by atoms with van der Waals surface area (Å²) >= 11 is 5.62. The van der Waals surface area contributed by atoms with Gasteiger partial charge in [0.05, 0.1) is 0 Å². The number of hydrogen-bond acceptors (Lipinski definition) is 2. The molecule has 0 saturated carbocycles. The first-order valence-electron chi connectivity index (χ1n) is 6.48. The first kappa shape index (κ1) is 14.5. The van der Waals surface area contributed by atoms with Crippen molar-refractivity contribution in [1.82, 2.24) is 4.90 Å². The molecule has 2 nitrogen and oxygen atoms in total. The van der Waals surface area contributed by atoms with Crippen LogP contribution in [0.25, 0.3) is 0 Å². The third kappa shape index (κ3) is 3.18. The summed E-state index contributed by atoms with van der Waals surface area (Å²) in [7, 11) is 3.79. The topological polar surface area (TPSA) is 6.48 Å². The monoisotopic (exact) mass is 288 g/mol. The highest BCUT2D eigenvalue weighted by atomic mass is 35.5. The van der Waals surface area contributed by atoms with Crippen LogP contribution in [0.4, 0.5) is 14.5 Å². The van der Waals surface area contributed by atoms with E-state index in [2.05, 4.69) is 4.90 Å². The average Bonchev–Trinajstić information content (AvgIpc) is 2.37. The summed E-state index contributed by atoms with van der Waals surface area (Å²) < 4.78 is 28.1. The Kier molecular flexibility index (Phi) is 4.63. The highest BCUT2D eigenvalue weighted by Gasteiger charge is 2.25. The van der Waals surface area contributed by atoms with Crippen LogP contribution in [-0.2, 0) is 5.88 Å². The van der Waals surface area contributed by atoms with E-state index in [0.29, 0.717) is 5.56 Å². The number of benzene rings is 1. The standard InChI is InChI=1S/C14H19ClF2N2/c1-18-5-3-4-11(9-18)19(2)14-12(16)6-10(8-15)7-13(14)17/h6-7,11H,3-5,8-9H2,1-2H3. The molecule has 19 heavy (non-hydrogen) atoms. The Balaban J connectivity index is 2.25. The predicted molar refractivity (Wildman–Crippen MR) is 74.8 cm³/mol. The maximum atomic E-state index is 14.0. The minimum atomic E-state index is -0.536. The van der Waals surface area contributed by atoms with Crippen molar-refractivity contribution in [1.29, 1.82) is 0 Å². The molecule has 0 aromatic heterocycles. The van der Waals surface area contributed by atoms with Crippen LogP contribution in [0, 0.1) is 11.6 Å². The zero-order chi connectivity index (χ0) is 14.0. The summed E-state index contributed by atoms with van der Waals surface area (Å²) in [5, 5.41) is 0. The van der Waals surface area contributed by atoms with Crippen LogP contribution >= 0.6 is 11.6 Å². The lowest BCUT2D eigenvalue weighted by Gasteiger charge is -2.37. The van der Waals surface area contributed by atoms with E-state index in [1.165, 1.54) is 12.1 Å². The van der Waals surface area contributed by atoms with Crippen molar-refractivity contribution < 1.29 is 8.78 Å². The van der Waals surface area contributed by atoms with Gasteiger partial charge in [0, 0.05) is 25.5 Å². The molecule has 106 valence electrons. The van der Waals surface area contributed by atoms with E-state index < -0.39 is 11.6 Å².